The van der Waals surface area contributed by atoms with E-state index in [1.807, 2.05) is 87.9 Å². The van der Waals surface area contributed by atoms with Crippen LogP contribution in [0.3, 0.4) is 0 Å². The first-order valence-corrected chi connectivity index (χ1v) is 29.6. The number of fused-ring (bicyclic) bond motifs is 7. The number of anilines is 1. The molecule has 13 rings (SSSR count). The molecule has 2 bridgehead atoms. The molecule has 3 aromatic carbocycles. The molecule has 5 N–H and O–H groups in total. The number of aliphatic hydroxyl groups excluding tert-OH is 1. The van der Waals surface area contributed by atoms with Crippen LogP contribution in [0.25, 0.3) is 43.4 Å². The molecule has 3 amide bonds. The summed E-state index contributed by atoms with van der Waals surface area (Å²) in [6, 6.07) is 19.4. The van der Waals surface area contributed by atoms with E-state index in [9.17, 15) is 24.6 Å². The lowest BCUT2D eigenvalue weighted by Crippen LogP contribution is -2.51. The highest BCUT2D eigenvalue weighted by molar-refractivity contribution is 7.13. The second kappa shape index (κ2) is 21.2. The summed E-state index contributed by atoms with van der Waals surface area (Å²) in [5.41, 5.74) is 9.58. The molecule has 0 spiro atoms. The Hall–Kier alpha value is -7.26. The number of ether oxygens (including phenoxy) is 2. The number of phenols is 1. The van der Waals surface area contributed by atoms with Crippen LogP contribution in [0.5, 0.6) is 11.8 Å². The van der Waals surface area contributed by atoms with Crippen molar-refractivity contribution in [2.24, 2.45) is 5.92 Å². The van der Waals surface area contributed by atoms with Crippen molar-refractivity contribution in [3.63, 3.8) is 0 Å². The number of likely N-dealkylation sites (tertiary alicyclic amines) is 1. The van der Waals surface area contributed by atoms with E-state index in [4.69, 9.17) is 28.9 Å². The molecule has 5 fully saturated rings. The number of piperazine rings is 1. The number of hydrogen-bond acceptors (Lipinski definition) is 17. The zero-order valence-corrected chi connectivity index (χ0v) is 47.2. The minimum Gasteiger partial charge on any atom is -0.508 e. The van der Waals surface area contributed by atoms with Gasteiger partial charge in [-0.2, -0.15) is 9.97 Å². The fourth-order valence-corrected chi connectivity index (χ4v) is 15.0. The number of amides is 3. The molecule has 5 aliphatic heterocycles. The number of aromatic hydroxyl groups is 1. The fourth-order valence-electron chi connectivity index (χ4n) is 14.2. The lowest BCUT2D eigenvalue weighted by atomic mass is 9.79. The Morgan fingerprint density at radius 1 is 0.988 bits per heavy atom. The number of carbonyl (C=O) groups is 3. The van der Waals surface area contributed by atoms with Gasteiger partial charge in [0.2, 0.25) is 11.8 Å². The number of rotatable bonds is 15. The van der Waals surface area contributed by atoms with Crippen molar-refractivity contribution in [1.29, 1.82) is 0 Å². The van der Waals surface area contributed by atoms with Crippen LogP contribution in [0.4, 0.5) is 10.6 Å². The Morgan fingerprint density at radius 3 is 2.58 bits per heavy atom. The third-order valence-electron chi connectivity index (χ3n) is 18.2. The summed E-state index contributed by atoms with van der Waals surface area (Å²) in [4.78, 5) is 68.9. The van der Waals surface area contributed by atoms with Crippen molar-refractivity contribution < 1.29 is 38.6 Å². The zero-order valence-electron chi connectivity index (χ0n) is 46.4. The van der Waals surface area contributed by atoms with Crippen molar-refractivity contribution in [2.45, 2.75) is 140 Å². The highest BCUT2D eigenvalue weighted by Crippen LogP contribution is 2.49. The van der Waals surface area contributed by atoms with Crippen LogP contribution < -0.4 is 25.6 Å². The molecule has 422 valence electrons. The maximum absolute atomic E-state index is 14.4. The lowest BCUT2D eigenvalue weighted by molar-refractivity contribution is -0.141. The van der Waals surface area contributed by atoms with E-state index >= 15 is 0 Å². The van der Waals surface area contributed by atoms with Gasteiger partial charge in [0.25, 0.3) is 0 Å². The van der Waals surface area contributed by atoms with E-state index in [0.717, 1.165) is 124 Å². The topological polar surface area (TPSA) is 234 Å². The monoisotopic (exact) mass is 1120 g/mol. The van der Waals surface area contributed by atoms with Crippen molar-refractivity contribution in [3.05, 3.63) is 106 Å². The molecule has 1 aliphatic carbocycles. The molecule has 0 radical (unpaired) electrons. The number of hydrogen-bond donors (Lipinski definition) is 5. The SMILES string of the molecule is Cc1ncsc1-c1ccc([C@H](C)NC(=O)[C@@H]2C[C@@H](O)CN2C(=O)[C@H](c2cc(CNC(=O)OC[C@H]3CCC4(COc5nc(N6CC7CCC(C6)N7)c6cnc7c(c6n5)C(C)c5cccc6cc(O)cc-7c56)CCCN34)no2)C(C)C)cc1. The quantitative estimate of drug-likeness (QED) is 0.0650. The summed E-state index contributed by atoms with van der Waals surface area (Å²) >= 11 is 1.58. The molecular formula is C61H69N11O8S. The van der Waals surface area contributed by atoms with Crippen LogP contribution in [0, 0.1) is 12.8 Å². The summed E-state index contributed by atoms with van der Waals surface area (Å²) in [5.74, 6) is -0.412. The predicted molar refractivity (Wildman–Crippen MR) is 306 cm³/mol. The highest BCUT2D eigenvalue weighted by atomic mass is 32.1. The second-order valence-corrected chi connectivity index (χ2v) is 24.6. The second-order valence-electron chi connectivity index (χ2n) is 23.7. The number of alkyl carbamates (subject to hydrolysis) is 1. The Balaban J connectivity index is 0.648. The minimum atomic E-state index is -0.877. The number of carbonyl (C=O) groups excluding carboxylic acids is 3. The number of nitrogens with one attached hydrogen (secondary N) is 3. The molecule has 9 atom stereocenters. The van der Waals surface area contributed by atoms with Crippen LogP contribution in [0.1, 0.15) is 124 Å². The number of benzene rings is 3. The first kappa shape index (κ1) is 53.1. The number of aliphatic hydroxyl groups is 1. The molecule has 4 aromatic heterocycles. The van der Waals surface area contributed by atoms with Gasteiger partial charge in [0, 0.05) is 73.5 Å². The third kappa shape index (κ3) is 9.80. The normalized spacial score (nSPS) is 24.6. The van der Waals surface area contributed by atoms with Gasteiger partial charge in [-0.1, -0.05) is 68.4 Å². The summed E-state index contributed by atoms with van der Waals surface area (Å²) in [7, 11) is 0. The highest BCUT2D eigenvalue weighted by Gasteiger charge is 2.51. The number of aryl methyl sites for hydroxylation is 1. The fraction of sp³-hybridized carbons (Fsp3) is 0.475. The number of thiazole rings is 1. The van der Waals surface area contributed by atoms with Crippen molar-refractivity contribution in [3.8, 4) is 33.5 Å². The van der Waals surface area contributed by atoms with Gasteiger partial charge in [-0.15, -0.1) is 11.3 Å². The predicted octanol–water partition coefficient (Wildman–Crippen LogP) is 8.26. The third-order valence-corrected chi connectivity index (χ3v) is 19.2. The number of pyridine rings is 1. The molecule has 81 heavy (non-hydrogen) atoms. The van der Waals surface area contributed by atoms with Crippen molar-refractivity contribution >= 4 is 56.7 Å². The average molecular weight is 1120 g/mol. The van der Waals surface area contributed by atoms with Crippen molar-refractivity contribution in [1.82, 2.24) is 50.8 Å². The van der Waals surface area contributed by atoms with E-state index in [0.29, 0.717) is 36.2 Å². The van der Waals surface area contributed by atoms with Gasteiger partial charge in [0.15, 0.2) is 0 Å². The van der Waals surface area contributed by atoms with Gasteiger partial charge < -0.3 is 50.0 Å². The zero-order chi connectivity index (χ0) is 55.8. The number of aromatic nitrogens is 5. The van der Waals surface area contributed by atoms with E-state index in [1.165, 1.54) is 10.5 Å². The Morgan fingerprint density at radius 2 is 1.80 bits per heavy atom. The van der Waals surface area contributed by atoms with Gasteiger partial charge in [0.05, 0.1) is 56.9 Å². The molecule has 19 nitrogen and oxygen atoms in total. The number of nitrogens with zero attached hydrogens (tertiary/aromatic N) is 8. The maximum atomic E-state index is 14.4. The molecule has 4 unspecified atom stereocenters. The van der Waals surface area contributed by atoms with Gasteiger partial charge in [-0.25, -0.2) is 9.78 Å². The smallest absolute Gasteiger partial charge is 0.407 e. The first-order valence-electron chi connectivity index (χ1n) is 28.7. The van der Waals surface area contributed by atoms with E-state index in [1.54, 1.807) is 17.4 Å². The molecular weight excluding hydrogens is 1050 g/mol. The standard InChI is InChI=1S/C61H69N11O8S/c1-32(2)50(58(76)71-28-44(74)23-48(71)57(75)65-34(4)36-10-12-37(13-11-36)55-35(5)64-31-81-55)49-21-41(69-80-49)24-63-60(77)78-29-42-16-18-61(17-7-19-72(42)61)30-79-59-67-54-47(56(68-59)70-26-39-14-15-40(27-70)66-39)25-62-53-46-22-43(73)20-38-8-6-9-45(52(38)46)33(3)51(53)54/h6,8-13,20-22,25,31-34,39-40,42,44,48,50,66,73-74H,7,14-19,23-24,26-30H2,1-5H3,(H,63,77)(H,65,75)/t33?,34-,39?,40?,42+,44+,48-,50-,61?/m0/s1. The summed E-state index contributed by atoms with van der Waals surface area (Å²) in [6.45, 7) is 13.0. The van der Waals surface area contributed by atoms with Gasteiger partial charge in [0.1, 0.15) is 48.2 Å². The molecule has 7 aromatic rings. The van der Waals surface area contributed by atoms with Crippen LogP contribution >= 0.6 is 11.3 Å². The largest absolute Gasteiger partial charge is 0.508 e. The van der Waals surface area contributed by atoms with Gasteiger partial charge >= 0.3 is 12.1 Å². The summed E-state index contributed by atoms with van der Waals surface area (Å²) < 4.78 is 18.5. The lowest BCUT2D eigenvalue weighted by Gasteiger charge is -2.36. The van der Waals surface area contributed by atoms with Gasteiger partial charge in [-0.3, -0.25) is 19.5 Å². The Labute approximate surface area is 473 Å². The van der Waals surface area contributed by atoms with Crippen LogP contribution in [0.15, 0.2) is 76.9 Å². The first-order chi connectivity index (χ1) is 39.2. The summed E-state index contributed by atoms with van der Waals surface area (Å²) in [5, 5.41) is 38.5. The number of β-amino-alcohol motifs (C(OH)–C–C–N with tert-alkyl or cyclic N) is 1. The Bertz CT molecular complexity index is 3560. The van der Waals surface area contributed by atoms with E-state index in [-0.39, 0.29) is 73.1 Å². The van der Waals surface area contributed by atoms with E-state index in [2.05, 4.69) is 48.9 Å². The minimum absolute atomic E-state index is 0.00929. The molecule has 6 aliphatic rings. The van der Waals surface area contributed by atoms with E-state index < -0.39 is 24.2 Å². The Kier molecular flexibility index (Phi) is 13.9. The molecule has 5 saturated heterocycles. The molecule has 9 heterocycles. The molecule has 20 heteroatoms. The molecule has 0 saturated carbocycles. The number of phenolic OH excluding ortho intramolecular Hbond substituents is 1. The van der Waals surface area contributed by atoms with Crippen LogP contribution in [-0.4, -0.2) is 138 Å². The van der Waals surface area contributed by atoms with Crippen molar-refractivity contribution in [2.75, 3.05) is 44.3 Å². The van der Waals surface area contributed by atoms with Crippen LogP contribution in [0.2, 0.25) is 0 Å². The summed E-state index contributed by atoms with van der Waals surface area (Å²) in [6.07, 6.45) is 6.43. The van der Waals surface area contributed by atoms with Gasteiger partial charge in [-0.05, 0) is 104 Å². The maximum Gasteiger partial charge on any atom is 0.407 e. The average Bonchev–Trinajstić information content (AvgIpc) is 4.52. The van der Waals surface area contributed by atoms with Crippen LogP contribution in [-0.2, 0) is 20.9 Å².